The number of rotatable bonds is 4. The fourth-order valence-electron chi connectivity index (χ4n) is 5.41. The Labute approximate surface area is 159 Å². The molecular formula is C21H28O6. The van der Waals surface area contributed by atoms with E-state index in [1.807, 2.05) is 13.0 Å². The van der Waals surface area contributed by atoms with Gasteiger partial charge in [0.05, 0.1) is 12.5 Å². The number of methoxy groups -OCH3 is 1. The Morgan fingerprint density at radius 1 is 1.22 bits per heavy atom. The molecule has 0 radical (unpaired) electrons. The molecule has 6 atom stereocenters. The van der Waals surface area contributed by atoms with Gasteiger partial charge >= 0.3 is 17.9 Å². The minimum atomic E-state index is -0.564. The van der Waals surface area contributed by atoms with Gasteiger partial charge in [0.25, 0.3) is 0 Å². The van der Waals surface area contributed by atoms with E-state index < -0.39 is 5.41 Å². The van der Waals surface area contributed by atoms with E-state index in [1.54, 1.807) is 0 Å². The van der Waals surface area contributed by atoms with E-state index in [1.165, 1.54) is 21.0 Å². The van der Waals surface area contributed by atoms with Gasteiger partial charge in [-0.3, -0.25) is 14.4 Å². The molecule has 0 amide bonds. The van der Waals surface area contributed by atoms with Crippen LogP contribution in [-0.2, 0) is 28.6 Å². The van der Waals surface area contributed by atoms with E-state index in [2.05, 4.69) is 6.58 Å². The van der Waals surface area contributed by atoms with Crippen LogP contribution < -0.4 is 0 Å². The van der Waals surface area contributed by atoms with Gasteiger partial charge in [-0.25, -0.2) is 0 Å². The van der Waals surface area contributed by atoms with Crippen molar-refractivity contribution in [2.75, 3.05) is 13.7 Å². The maximum absolute atomic E-state index is 12.5. The van der Waals surface area contributed by atoms with Crippen molar-refractivity contribution in [3.8, 4) is 0 Å². The molecule has 0 spiro atoms. The van der Waals surface area contributed by atoms with Gasteiger partial charge in [-0.1, -0.05) is 18.2 Å². The molecule has 6 nitrogen and oxygen atoms in total. The van der Waals surface area contributed by atoms with Crippen LogP contribution in [0.25, 0.3) is 0 Å². The second-order valence-electron chi connectivity index (χ2n) is 8.10. The van der Waals surface area contributed by atoms with Crippen LogP contribution in [-0.4, -0.2) is 37.7 Å². The van der Waals surface area contributed by atoms with E-state index in [-0.39, 0.29) is 54.3 Å². The van der Waals surface area contributed by atoms with Crippen LogP contribution in [0.1, 0.15) is 40.0 Å². The largest absolute Gasteiger partial charge is 0.469 e. The van der Waals surface area contributed by atoms with Crippen LogP contribution in [0, 0.1) is 29.1 Å². The van der Waals surface area contributed by atoms with Gasteiger partial charge in [0, 0.05) is 26.2 Å². The zero-order valence-corrected chi connectivity index (χ0v) is 16.4. The van der Waals surface area contributed by atoms with Crippen molar-refractivity contribution in [3.05, 3.63) is 23.8 Å². The first-order valence-electron chi connectivity index (χ1n) is 9.47. The molecule has 0 aromatic rings. The lowest BCUT2D eigenvalue weighted by molar-refractivity contribution is -0.151. The van der Waals surface area contributed by atoms with E-state index >= 15 is 0 Å². The van der Waals surface area contributed by atoms with Crippen molar-refractivity contribution >= 4 is 17.9 Å². The Morgan fingerprint density at radius 3 is 2.52 bits per heavy atom. The van der Waals surface area contributed by atoms with E-state index in [0.717, 1.165) is 24.0 Å². The Bertz CT molecular complexity index is 707. The van der Waals surface area contributed by atoms with E-state index in [9.17, 15) is 14.4 Å². The Hall–Kier alpha value is -2.11. The lowest BCUT2D eigenvalue weighted by atomic mass is 9.69. The number of hydrogen-bond donors (Lipinski definition) is 0. The minimum Gasteiger partial charge on any atom is -0.469 e. The summed E-state index contributed by atoms with van der Waals surface area (Å²) in [6.07, 6.45) is 3.90. The average Bonchev–Trinajstić information content (AvgIpc) is 3.25. The molecule has 0 bridgehead atoms. The van der Waals surface area contributed by atoms with Gasteiger partial charge in [-0.15, -0.1) is 0 Å². The van der Waals surface area contributed by atoms with Crippen LogP contribution in [0.2, 0.25) is 0 Å². The molecule has 2 saturated carbocycles. The standard InChI is InChI=1S/C21H28O6/c1-11-6-8-15-19(21(15,4)20(24)25-5)18-14(10-26-12(2)22)7-9-16(17(11)18)27-13(3)23/h7,15-19H,1,6,8-10H2,2-5H3/t15-,16-,17+,18-,19-,21+/m0/s1. The first-order chi connectivity index (χ1) is 12.7. The Balaban J connectivity index is 1.99. The molecule has 0 heterocycles. The molecule has 3 aliphatic rings. The number of fused-ring (bicyclic) bond motifs is 3. The normalized spacial score (nSPS) is 37.1. The molecule has 148 valence electrons. The summed E-state index contributed by atoms with van der Waals surface area (Å²) >= 11 is 0. The van der Waals surface area contributed by atoms with E-state index in [4.69, 9.17) is 14.2 Å². The molecule has 6 heteroatoms. The summed E-state index contributed by atoms with van der Waals surface area (Å²) in [7, 11) is 1.42. The summed E-state index contributed by atoms with van der Waals surface area (Å²) in [6, 6.07) is 0. The predicted octanol–water partition coefficient (Wildman–Crippen LogP) is 2.82. The molecule has 3 aliphatic carbocycles. The molecule has 0 aromatic heterocycles. The van der Waals surface area contributed by atoms with Crippen LogP contribution in [0.4, 0.5) is 0 Å². The first-order valence-corrected chi connectivity index (χ1v) is 9.47. The lowest BCUT2D eigenvalue weighted by Crippen LogP contribution is -2.39. The quantitative estimate of drug-likeness (QED) is 0.426. The predicted molar refractivity (Wildman–Crippen MR) is 97.3 cm³/mol. The molecule has 27 heavy (non-hydrogen) atoms. The summed E-state index contributed by atoms with van der Waals surface area (Å²) in [5.74, 6) is -0.744. The number of hydrogen-bond acceptors (Lipinski definition) is 6. The summed E-state index contributed by atoms with van der Waals surface area (Å²) in [6.45, 7) is 9.21. The van der Waals surface area contributed by atoms with Gasteiger partial charge in [0.15, 0.2) is 0 Å². The highest BCUT2D eigenvalue weighted by Crippen LogP contribution is 2.70. The Morgan fingerprint density at radius 2 is 1.93 bits per heavy atom. The van der Waals surface area contributed by atoms with Gasteiger partial charge in [-0.2, -0.15) is 0 Å². The van der Waals surface area contributed by atoms with E-state index in [0.29, 0.717) is 6.42 Å². The van der Waals surface area contributed by atoms with Crippen LogP contribution >= 0.6 is 0 Å². The van der Waals surface area contributed by atoms with Crippen molar-refractivity contribution in [1.82, 2.24) is 0 Å². The molecule has 0 aliphatic heterocycles. The Kier molecular flexibility index (Phi) is 5.19. The van der Waals surface area contributed by atoms with Crippen molar-refractivity contribution in [1.29, 1.82) is 0 Å². The van der Waals surface area contributed by atoms with Crippen molar-refractivity contribution in [3.63, 3.8) is 0 Å². The van der Waals surface area contributed by atoms with Crippen molar-refractivity contribution in [2.45, 2.75) is 46.1 Å². The zero-order chi connectivity index (χ0) is 19.9. The van der Waals surface area contributed by atoms with Crippen LogP contribution in [0.3, 0.4) is 0 Å². The molecular weight excluding hydrogens is 348 g/mol. The third-order valence-electron chi connectivity index (χ3n) is 6.63. The second-order valence-corrected chi connectivity index (χ2v) is 8.10. The third-order valence-corrected chi connectivity index (χ3v) is 6.63. The SMILES string of the molecule is C=C1CC[C@H]2[C@@H]([C@H]3C(COC(C)=O)=CC[C@H](OC(C)=O)[C@@H]13)[C@]2(C)C(=O)OC. The number of carbonyl (C=O) groups is 3. The average molecular weight is 376 g/mol. The molecule has 0 saturated heterocycles. The first kappa shape index (κ1) is 19.6. The molecule has 3 rings (SSSR count). The summed E-state index contributed by atoms with van der Waals surface area (Å²) in [5.41, 5.74) is 1.47. The molecule has 0 N–H and O–H groups in total. The number of ether oxygens (including phenoxy) is 3. The highest BCUT2D eigenvalue weighted by Gasteiger charge is 2.71. The van der Waals surface area contributed by atoms with Gasteiger partial charge in [0.2, 0.25) is 0 Å². The number of carbonyl (C=O) groups excluding carboxylic acids is 3. The summed E-state index contributed by atoms with van der Waals surface area (Å²) < 4.78 is 16.0. The van der Waals surface area contributed by atoms with Crippen LogP contribution in [0.5, 0.6) is 0 Å². The maximum atomic E-state index is 12.5. The second kappa shape index (κ2) is 7.13. The highest BCUT2D eigenvalue weighted by atomic mass is 16.5. The van der Waals surface area contributed by atoms with Crippen molar-refractivity contribution < 1.29 is 28.6 Å². The third kappa shape index (κ3) is 3.30. The molecule has 0 unspecified atom stereocenters. The minimum absolute atomic E-state index is 0.0495. The van der Waals surface area contributed by atoms with Gasteiger partial charge < -0.3 is 14.2 Å². The smallest absolute Gasteiger partial charge is 0.312 e. The number of esters is 3. The lowest BCUT2D eigenvalue weighted by Gasteiger charge is -2.39. The van der Waals surface area contributed by atoms with Gasteiger partial charge in [-0.05, 0) is 43.1 Å². The molecule has 2 fully saturated rings. The fraction of sp³-hybridized carbons (Fsp3) is 0.667. The zero-order valence-electron chi connectivity index (χ0n) is 16.4. The summed E-state index contributed by atoms with van der Waals surface area (Å²) in [4.78, 5) is 35.5. The summed E-state index contributed by atoms with van der Waals surface area (Å²) in [5, 5.41) is 0. The van der Waals surface area contributed by atoms with Crippen molar-refractivity contribution in [2.24, 2.45) is 29.1 Å². The monoisotopic (exact) mass is 376 g/mol. The molecule has 0 aromatic carbocycles. The fourth-order valence-corrected chi connectivity index (χ4v) is 5.41. The van der Waals surface area contributed by atoms with Crippen LogP contribution in [0.15, 0.2) is 23.8 Å². The maximum Gasteiger partial charge on any atom is 0.312 e. The topological polar surface area (TPSA) is 78.9 Å². The highest BCUT2D eigenvalue weighted by molar-refractivity contribution is 5.81. The van der Waals surface area contributed by atoms with Gasteiger partial charge in [0.1, 0.15) is 12.7 Å².